The molecule has 0 amide bonds. The van der Waals surface area contributed by atoms with Crippen LogP contribution in [0.4, 0.5) is 0 Å². The number of hydrogen-bond acceptors (Lipinski definition) is 5. The quantitative estimate of drug-likeness (QED) is 0.453. The smallest absolute Gasteiger partial charge is 0.336 e. The Morgan fingerprint density at radius 2 is 1.81 bits per heavy atom. The number of carboxylic acid groups (broad SMARTS) is 2. The van der Waals surface area contributed by atoms with Gasteiger partial charge in [0.2, 0.25) is 7.37 Å². The summed E-state index contributed by atoms with van der Waals surface area (Å²) in [6.45, 7) is 0. The van der Waals surface area contributed by atoms with Crippen molar-refractivity contribution in [2.24, 2.45) is 5.73 Å². The minimum atomic E-state index is -4.22. The van der Waals surface area contributed by atoms with E-state index in [1.165, 1.54) is 24.3 Å². The number of rotatable bonds is 7. The van der Waals surface area contributed by atoms with E-state index in [1.54, 1.807) is 0 Å². The first kappa shape index (κ1) is 17.3. The first-order valence-corrected chi connectivity index (χ1v) is 7.88. The van der Waals surface area contributed by atoms with Crippen molar-refractivity contribution < 1.29 is 34.4 Å². The summed E-state index contributed by atoms with van der Waals surface area (Å²) in [7, 11) is -4.22. The second-order valence-electron chi connectivity index (χ2n) is 4.48. The van der Waals surface area contributed by atoms with E-state index in [-0.39, 0.29) is 17.5 Å². The minimum Gasteiger partial charge on any atom is -0.480 e. The van der Waals surface area contributed by atoms with Gasteiger partial charge in [-0.2, -0.15) is 0 Å². The Morgan fingerprint density at radius 3 is 2.33 bits per heavy atom. The zero-order valence-electron chi connectivity index (χ0n) is 10.9. The summed E-state index contributed by atoms with van der Waals surface area (Å²) >= 11 is 0. The van der Waals surface area contributed by atoms with Gasteiger partial charge in [-0.05, 0) is 12.5 Å². The molecule has 8 nitrogen and oxygen atoms in total. The maximum absolute atomic E-state index is 12.1. The molecule has 21 heavy (non-hydrogen) atoms. The minimum absolute atomic E-state index is 0.195. The van der Waals surface area contributed by atoms with E-state index in [4.69, 9.17) is 15.9 Å². The maximum Gasteiger partial charge on any atom is 0.336 e. The van der Waals surface area contributed by atoms with Crippen LogP contribution in [0.25, 0.3) is 0 Å². The van der Waals surface area contributed by atoms with Gasteiger partial charge in [-0.1, -0.05) is 18.2 Å². The highest BCUT2D eigenvalue weighted by molar-refractivity contribution is 7.58. The van der Waals surface area contributed by atoms with Crippen LogP contribution >= 0.6 is 7.37 Å². The number of carbonyl (C=O) groups is 2. The van der Waals surface area contributed by atoms with Crippen molar-refractivity contribution in [3.8, 4) is 0 Å². The third-order valence-electron chi connectivity index (χ3n) is 2.93. The highest BCUT2D eigenvalue weighted by atomic mass is 31.2. The molecular formula is C12H16NO7P. The SMILES string of the molecule is N[C@@H](CCP(=O)(O)C(O)c1ccccc1C(=O)O)C(=O)O. The van der Waals surface area contributed by atoms with Gasteiger partial charge in [0.05, 0.1) is 5.56 Å². The molecule has 9 heteroatoms. The Morgan fingerprint density at radius 1 is 1.24 bits per heavy atom. The molecule has 0 bridgehead atoms. The largest absolute Gasteiger partial charge is 0.480 e. The van der Waals surface area contributed by atoms with Gasteiger partial charge < -0.3 is 25.9 Å². The van der Waals surface area contributed by atoms with Gasteiger partial charge in [0.25, 0.3) is 0 Å². The van der Waals surface area contributed by atoms with Crippen LogP contribution in [0.2, 0.25) is 0 Å². The predicted octanol–water partition coefficient (Wildman–Crippen LogP) is 0.448. The van der Waals surface area contributed by atoms with Gasteiger partial charge in [-0.15, -0.1) is 0 Å². The van der Waals surface area contributed by atoms with Gasteiger partial charge >= 0.3 is 11.9 Å². The molecule has 1 aromatic carbocycles. The maximum atomic E-state index is 12.1. The van der Waals surface area contributed by atoms with Gasteiger partial charge in [-0.25, -0.2) is 4.79 Å². The summed E-state index contributed by atoms with van der Waals surface area (Å²) in [5.74, 6) is -4.58. The van der Waals surface area contributed by atoms with Crippen molar-refractivity contribution in [1.82, 2.24) is 0 Å². The molecule has 3 atom stereocenters. The van der Waals surface area contributed by atoms with E-state index in [0.717, 1.165) is 0 Å². The Labute approximate surface area is 120 Å². The zero-order valence-corrected chi connectivity index (χ0v) is 11.8. The summed E-state index contributed by atoms with van der Waals surface area (Å²) in [5.41, 5.74) is 4.75. The van der Waals surface area contributed by atoms with Crippen molar-refractivity contribution in [3.63, 3.8) is 0 Å². The molecule has 1 rings (SSSR count). The Bertz CT molecular complexity index is 589. The van der Waals surface area contributed by atoms with Crippen LogP contribution in [0.3, 0.4) is 0 Å². The molecule has 0 spiro atoms. The second-order valence-corrected chi connectivity index (χ2v) is 6.93. The fraction of sp³-hybridized carbons (Fsp3) is 0.333. The molecule has 0 saturated carbocycles. The first-order valence-electron chi connectivity index (χ1n) is 5.97. The third kappa shape index (κ3) is 4.37. The van der Waals surface area contributed by atoms with Gasteiger partial charge in [0.1, 0.15) is 6.04 Å². The van der Waals surface area contributed by atoms with Crippen LogP contribution in [0.5, 0.6) is 0 Å². The fourth-order valence-electron chi connectivity index (χ4n) is 1.70. The normalized spacial score (nSPS) is 16.7. The van der Waals surface area contributed by atoms with Crippen molar-refractivity contribution in [3.05, 3.63) is 35.4 Å². The molecule has 6 N–H and O–H groups in total. The lowest BCUT2D eigenvalue weighted by Gasteiger charge is -2.20. The molecule has 0 aliphatic rings. The van der Waals surface area contributed by atoms with Gasteiger partial charge in [-0.3, -0.25) is 9.36 Å². The molecule has 2 unspecified atom stereocenters. The van der Waals surface area contributed by atoms with E-state index >= 15 is 0 Å². The van der Waals surface area contributed by atoms with Crippen LogP contribution in [-0.4, -0.2) is 44.4 Å². The predicted molar refractivity (Wildman–Crippen MR) is 73.3 cm³/mol. The molecular weight excluding hydrogens is 301 g/mol. The third-order valence-corrected chi connectivity index (χ3v) is 4.87. The molecule has 0 aliphatic carbocycles. The lowest BCUT2D eigenvalue weighted by molar-refractivity contribution is -0.138. The first-order chi connectivity index (χ1) is 9.66. The van der Waals surface area contributed by atoms with E-state index in [2.05, 4.69) is 0 Å². The molecule has 0 aromatic heterocycles. The van der Waals surface area contributed by atoms with Crippen LogP contribution in [-0.2, 0) is 9.36 Å². The number of aliphatic hydroxyl groups excluding tert-OH is 1. The summed E-state index contributed by atoms with van der Waals surface area (Å²) in [4.78, 5) is 31.4. The van der Waals surface area contributed by atoms with Crippen molar-refractivity contribution in [1.29, 1.82) is 0 Å². The number of nitrogens with two attached hydrogens (primary N) is 1. The number of aliphatic carboxylic acids is 1. The molecule has 116 valence electrons. The van der Waals surface area contributed by atoms with E-state index in [1.807, 2.05) is 0 Å². The summed E-state index contributed by atoms with van der Waals surface area (Å²) in [6.07, 6.45) is -0.842. The van der Waals surface area contributed by atoms with E-state index in [0.29, 0.717) is 0 Å². The van der Waals surface area contributed by atoms with Crippen LogP contribution in [0, 0.1) is 0 Å². The number of aliphatic hydroxyl groups is 1. The van der Waals surface area contributed by atoms with E-state index in [9.17, 15) is 24.2 Å². The molecule has 0 radical (unpaired) electrons. The second kappa shape index (κ2) is 6.82. The van der Waals surface area contributed by atoms with Crippen LogP contribution in [0.1, 0.15) is 28.2 Å². The zero-order chi connectivity index (χ0) is 16.2. The van der Waals surface area contributed by atoms with Crippen LogP contribution < -0.4 is 5.73 Å². The Balaban J connectivity index is 2.96. The summed E-state index contributed by atoms with van der Waals surface area (Å²) in [6, 6.07) is 3.95. The lowest BCUT2D eigenvalue weighted by Crippen LogP contribution is -2.31. The van der Waals surface area contributed by atoms with E-state index < -0.39 is 37.4 Å². The van der Waals surface area contributed by atoms with Gasteiger partial charge in [0, 0.05) is 11.7 Å². The average Bonchev–Trinajstić information content (AvgIpc) is 2.43. The topological polar surface area (TPSA) is 158 Å². The summed E-state index contributed by atoms with van der Waals surface area (Å²) < 4.78 is 12.1. The molecule has 0 saturated heterocycles. The number of hydrogen-bond donors (Lipinski definition) is 5. The summed E-state index contributed by atoms with van der Waals surface area (Å²) in [5, 5.41) is 27.6. The number of aromatic carboxylic acids is 1. The molecule has 1 aromatic rings. The Kier molecular flexibility index (Phi) is 5.62. The standard InChI is InChI=1S/C12H16NO7P/c13-9(11(16)17)5-6-21(19,20)12(18)8-4-2-1-3-7(8)10(14)15/h1-4,9,12,18H,5-6,13H2,(H,14,15)(H,16,17)(H,19,20)/t9-,12?/m0/s1. The monoisotopic (exact) mass is 317 g/mol. The molecule has 0 aliphatic heterocycles. The van der Waals surface area contributed by atoms with Crippen molar-refractivity contribution in [2.45, 2.75) is 18.3 Å². The average molecular weight is 317 g/mol. The fourth-order valence-corrected chi connectivity index (χ4v) is 3.26. The highest BCUT2D eigenvalue weighted by Crippen LogP contribution is 2.54. The van der Waals surface area contributed by atoms with Crippen molar-refractivity contribution >= 4 is 19.3 Å². The highest BCUT2D eigenvalue weighted by Gasteiger charge is 2.33. The molecule has 0 fully saturated rings. The number of carboxylic acids is 2. The number of benzene rings is 1. The van der Waals surface area contributed by atoms with Gasteiger partial charge in [0.15, 0.2) is 5.85 Å². The van der Waals surface area contributed by atoms with Crippen molar-refractivity contribution in [2.75, 3.05) is 6.16 Å². The lowest BCUT2D eigenvalue weighted by atomic mass is 10.1. The molecule has 0 heterocycles. The Hall–Kier alpha value is -1.73. The van der Waals surface area contributed by atoms with Crippen LogP contribution in [0.15, 0.2) is 24.3 Å².